The van der Waals surface area contributed by atoms with Crippen LogP contribution in [0.1, 0.15) is 0 Å². The lowest BCUT2D eigenvalue weighted by molar-refractivity contribution is -0.340. The van der Waals surface area contributed by atoms with Crippen molar-refractivity contribution in [1.29, 1.82) is 0 Å². The molecule has 0 saturated carbocycles. The van der Waals surface area contributed by atoms with E-state index in [4.69, 9.17) is 0 Å². The molecule has 0 aromatic rings. The molecule has 0 aromatic heterocycles. The van der Waals surface area contributed by atoms with Crippen molar-refractivity contribution in [2.75, 3.05) is 20.0 Å². The first-order valence-electron chi connectivity index (χ1n) is 2.84. The van der Waals surface area contributed by atoms with Crippen LogP contribution < -0.4 is 0 Å². The molecule has 0 rings (SSSR count). The number of alkyl halides is 6. The maximum Gasteiger partial charge on any atom is 0.386 e. The largest absolute Gasteiger partial charge is 0.386 e. The second-order valence-electron chi connectivity index (χ2n) is 2.02. The molecule has 0 aliphatic carbocycles. The van der Waals surface area contributed by atoms with Gasteiger partial charge in [0.05, 0.1) is 0 Å². The van der Waals surface area contributed by atoms with E-state index in [9.17, 15) is 26.3 Å². The normalized spacial score (nSPS) is 13.5. The zero-order chi connectivity index (χ0) is 9.83. The van der Waals surface area contributed by atoms with Gasteiger partial charge in [-0.1, -0.05) is 0 Å². The fourth-order valence-corrected chi connectivity index (χ4v) is 0.385. The Hall–Kier alpha value is -0.460. The van der Waals surface area contributed by atoms with Crippen LogP contribution in [0.2, 0.25) is 0 Å². The molecular formula is C5H6F6O. The highest BCUT2D eigenvalue weighted by molar-refractivity contribution is 4.68. The monoisotopic (exact) mass is 196 g/mol. The molecule has 0 saturated heterocycles. The maximum atomic E-state index is 12.3. The second-order valence-corrected chi connectivity index (χ2v) is 2.02. The van der Waals surface area contributed by atoms with Crippen LogP contribution in [0.5, 0.6) is 0 Å². The minimum atomic E-state index is -4.49. The average Bonchev–Trinajstić information content (AvgIpc) is 2.04. The van der Waals surface area contributed by atoms with Crippen molar-refractivity contribution in [2.45, 2.75) is 12.0 Å². The van der Waals surface area contributed by atoms with Crippen molar-refractivity contribution in [3.63, 3.8) is 0 Å². The van der Waals surface area contributed by atoms with Gasteiger partial charge < -0.3 is 0 Å². The van der Waals surface area contributed by atoms with Gasteiger partial charge in [-0.25, -0.2) is 17.6 Å². The molecule has 7 heteroatoms. The summed E-state index contributed by atoms with van der Waals surface area (Å²) >= 11 is 0. The van der Waals surface area contributed by atoms with Crippen LogP contribution in [0, 0.1) is 0 Å². The van der Waals surface area contributed by atoms with Gasteiger partial charge in [0.15, 0.2) is 20.0 Å². The van der Waals surface area contributed by atoms with Gasteiger partial charge in [0, 0.05) is 0 Å². The van der Waals surface area contributed by atoms with E-state index in [0.717, 1.165) is 0 Å². The summed E-state index contributed by atoms with van der Waals surface area (Å²) in [6.45, 7) is -6.53. The zero-order valence-corrected chi connectivity index (χ0v) is 5.80. The molecule has 0 aliphatic heterocycles. The SMILES string of the molecule is FCC(F)(F)OC(F)(CF)CF. The van der Waals surface area contributed by atoms with Crippen LogP contribution in [-0.4, -0.2) is 32.0 Å². The molecule has 0 bridgehead atoms. The third kappa shape index (κ3) is 3.29. The summed E-state index contributed by atoms with van der Waals surface area (Å²) in [5.74, 6) is -3.75. The summed E-state index contributed by atoms with van der Waals surface area (Å²) in [7, 11) is 0. The molecule has 0 heterocycles. The Morgan fingerprint density at radius 2 is 1.25 bits per heavy atom. The Bertz CT molecular complexity index is 134. The van der Waals surface area contributed by atoms with E-state index in [1.165, 1.54) is 0 Å². The minimum absolute atomic E-state index is 2.10. The fraction of sp³-hybridized carbons (Fsp3) is 1.00. The maximum absolute atomic E-state index is 12.3. The van der Waals surface area contributed by atoms with Crippen LogP contribution in [-0.2, 0) is 4.74 Å². The minimum Gasteiger partial charge on any atom is -0.275 e. The number of halogens is 6. The molecule has 0 unspecified atom stereocenters. The molecule has 0 aliphatic rings. The van der Waals surface area contributed by atoms with Crippen LogP contribution in [0.3, 0.4) is 0 Å². The Morgan fingerprint density at radius 3 is 1.50 bits per heavy atom. The van der Waals surface area contributed by atoms with Gasteiger partial charge in [0.2, 0.25) is 0 Å². The van der Waals surface area contributed by atoms with Gasteiger partial charge in [-0.3, -0.25) is 4.74 Å². The van der Waals surface area contributed by atoms with E-state index in [1.807, 2.05) is 0 Å². The lowest BCUT2D eigenvalue weighted by Crippen LogP contribution is -2.41. The third-order valence-corrected chi connectivity index (χ3v) is 0.887. The molecule has 0 atom stereocenters. The highest BCUT2D eigenvalue weighted by Crippen LogP contribution is 2.26. The van der Waals surface area contributed by atoms with E-state index in [-0.39, 0.29) is 0 Å². The third-order valence-electron chi connectivity index (χ3n) is 0.887. The molecule has 0 radical (unpaired) electrons. The molecule has 0 aromatic carbocycles. The number of hydrogen-bond acceptors (Lipinski definition) is 1. The van der Waals surface area contributed by atoms with Gasteiger partial charge in [0.1, 0.15) is 0 Å². The lowest BCUT2D eigenvalue weighted by Gasteiger charge is -2.23. The highest BCUT2D eigenvalue weighted by atomic mass is 19.3. The average molecular weight is 196 g/mol. The first-order valence-corrected chi connectivity index (χ1v) is 2.84. The molecule has 0 amide bonds. The van der Waals surface area contributed by atoms with Crippen molar-refractivity contribution in [3.05, 3.63) is 0 Å². The van der Waals surface area contributed by atoms with E-state index in [1.54, 1.807) is 0 Å². The number of ether oxygens (including phenoxy) is 1. The van der Waals surface area contributed by atoms with Crippen LogP contribution in [0.4, 0.5) is 26.3 Å². The van der Waals surface area contributed by atoms with Crippen molar-refractivity contribution < 1.29 is 31.1 Å². The fourth-order valence-electron chi connectivity index (χ4n) is 0.385. The summed E-state index contributed by atoms with van der Waals surface area (Å²) in [6.07, 6.45) is -4.49. The van der Waals surface area contributed by atoms with Gasteiger partial charge >= 0.3 is 6.11 Å². The van der Waals surface area contributed by atoms with Crippen LogP contribution in [0.15, 0.2) is 0 Å². The van der Waals surface area contributed by atoms with Crippen LogP contribution >= 0.6 is 0 Å². The topological polar surface area (TPSA) is 9.23 Å². The molecule has 74 valence electrons. The Morgan fingerprint density at radius 1 is 0.833 bits per heavy atom. The van der Waals surface area contributed by atoms with Gasteiger partial charge in [0.25, 0.3) is 5.85 Å². The number of hydrogen-bond donors (Lipinski definition) is 0. The summed E-state index contributed by atoms with van der Waals surface area (Å²) in [6, 6.07) is 0. The summed E-state index contributed by atoms with van der Waals surface area (Å²) in [5, 5.41) is 0. The Labute approximate surface area is 64.3 Å². The summed E-state index contributed by atoms with van der Waals surface area (Å²) in [4.78, 5) is 0. The summed E-state index contributed by atoms with van der Waals surface area (Å²) in [5.41, 5.74) is 0. The van der Waals surface area contributed by atoms with E-state index in [0.29, 0.717) is 0 Å². The zero-order valence-electron chi connectivity index (χ0n) is 5.80. The Kier molecular flexibility index (Phi) is 3.82. The van der Waals surface area contributed by atoms with Crippen molar-refractivity contribution in [2.24, 2.45) is 0 Å². The van der Waals surface area contributed by atoms with E-state index < -0.39 is 32.0 Å². The van der Waals surface area contributed by atoms with Crippen molar-refractivity contribution in [1.82, 2.24) is 0 Å². The molecule has 0 N–H and O–H groups in total. The molecular weight excluding hydrogens is 190 g/mol. The van der Waals surface area contributed by atoms with Gasteiger partial charge in [-0.15, -0.1) is 0 Å². The standard InChI is InChI=1S/C5H6F6O/c6-1-4(9,2-7)12-5(10,11)3-8/h1-3H2. The quantitative estimate of drug-likeness (QED) is 0.612. The van der Waals surface area contributed by atoms with Crippen LogP contribution in [0.25, 0.3) is 0 Å². The molecule has 0 fully saturated rings. The smallest absolute Gasteiger partial charge is 0.275 e. The Balaban J connectivity index is 4.20. The second kappa shape index (κ2) is 3.97. The predicted molar refractivity (Wildman–Crippen MR) is 27.8 cm³/mol. The summed E-state index contributed by atoms with van der Waals surface area (Å²) < 4.78 is 73.3. The van der Waals surface area contributed by atoms with Crippen molar-refractivity contribution >= 4 is 0 Å². The van der Waals surface area contributed by atoms with Gasteiger partial charge in [-0.05, 0) is 0 Å². The molecule has 0 spiro atoms. The van der Waals surface area contributed by atoms with E-state index >= 15 is 0 Å². The first-order chi connectivity index (χ1) is 5.39. The lowest BCUT2D eigenvalue weighted by atomic mass is 10.4. The number of rotatable bonds is 5. The van der Waals surface area contributed by atoms with E-state index in [2.05, 4.69) is 4.74 Å². The predicted octanol–water partition coefficient (Wildman–Crippen LogP) is 2.17. The molecule has 12 heavy (non-hydrogen) atoms. The molecule has 1 nitrogen and oxygen atoms in total. The van der Waals surface area contributed by atoms with Gasteiger partial charge in [-0.2, -0.15) is 8.78 Å². The van der Waals surface area contributed by atoms with Crippen molar-refractivity contribution in [3.8, 4) is 0 Å². The first kappa shape index (κ1) is 11.5. The highest BCUT2D eigenvalue weighted by Gasteiger charge is 2.44.